The molecule has 118 valence electrons. The Balaban J connectivity index is 1.68. The number of hydrogen-bond acceptors (Lipinski definition) is 4. The number of rotatable bonds is 4. The lowest BCUT2D eigenvalue weighted by atomic mass is 9.85. The first kappa shape index (κ1) is 15.5. The first-order valence-electron chi connectivity index (χ1n) is 7.39. The molecule has 1 aliphatic rings. The van der Waals surface area contributed by atoms with E-state index in [2.05, 4.69) is 10.3 Å². The van der Waals surface area contributed by atoms with Crippen LogP contribution in [0.3, 0.4) is 0 Å². The number of imidazole rings is 1. The summed E-state index contributed by atoms with van der Waals surface area (Å²) < 4.78 is 1.86. The number of nitrogens with one attached hydrogen (secondary N) is 1. The molecule has 1 fully saturated rings. The molecule has 0 aliphatic heterocycles. The van der Waals surface area contributed by atoms with E-state index in [9.17, 15) is 9.90 Å². The highest BCUT2D eigenvalue weighted by Crippen LogP contribution is 2.24. The molecule has 7 heteroatoms. The fraction of sp³-hybridized carbons (Fsp3) is 0.467. The topological polar surface area (TPSA) is 66.6 Å². The number of carbonyl (C=O) groups excluding carboxylic acids is 1. The number of thiazole rings is 1. The quantitative estimate of drug-likeness (QED) is 0.842. The highest BCUT2D eigenvalue weighted by Gasteiger charge is 2.25. The third-order valence-corrected chi connectivity index (χ3v) is 5.15. The van der Waals surface area contributed by atoms with Gasteiger partial charge in [-0.1, -0.05) is 24.4 Å². The number of aliphatic hydroxyl groups excluding tert-OH is 1. The van der Waals surface area contributed by atoms with Gasteiger partial charge in [0.2, 0.25) is 5.91 Å². The van der Waals surface area contributed by atoms with Gasteiger partial charge in [-0.05, 0) is 18.9 Å². The summed E-state index contributed by atoms with van der Waals surface area (Å²) in [6.07, 6.45) is 9.14. The zero-order chi connectivity index (χ0) is 15.5. The van der Waals surface area contributed by atoms with Gasteiger partial charge in [-0.25, -0.2) is 4.98 Å². The Bertz CT molecular complexity index is 694. The Morgan fingerprint density at radius 2 is 2.36 bits per heavy atom. The molecule has 0 saturated heterocycles. The minimum absolute atomic E-state index is 0.0537. The van der Waals surface area contributed by atoms with Crippen molar-refractivity contribution in [2.75, 3.05) is 6.61 Å². The molecule has 1 aliphatic carbocycles. The van der Waals surface area contributed by atoms with Crippen molar-refractivity contribution in [3.05, 3.63) is 28.5 Å². The van der Waals surface area contributed by atoms with Crippen molar-refractivity contribution in [2.45, 2.75) is 31.7 Å². The minimum Gasteiger partial charge on any atom is -0.396 e. The van der Waals surface area contributed by atoms with E-state index in [1.165, 1.54) is 17.4 Å². The number of aliphatic hydroxyl groups is 1. The molecule has 3 rings (SSSR count). The van der Waals surface area contributed by atoms with E-state index in [4.69, 9.17) is 11.6 Å². The van der Waals surface area contributed by atoms with Gasteiger partial charge in [-0.15, -0.1) is 11.3 Å². The zero-order valence-corrected chi connectivity index (χ0v) is 13.6. The lowest BCUT2D eigenvalue weighted by molar-refractivity contribution is -0.117. The van der Waals surface area contributed by atoms with Crippen molar-refractivity contribution >= 4 is 39.9 Å². The molecule has 0 aromatic carbocycles. The van der Waals surface area contributed by atoms with Crippen LogP contribution in [0.4, 0.5) is 0 Å². The number of hydrogen-bond donors (Lipinski definition) is 2. The van der Waals surface area contributed by atoms with Crippen LogP contribution >= 0.6 is 22.9 Å². The molecule has 0 radical (unpaired) electrons. The lowest BCUT2D eigenvalue weighted by Crippen LogP contribution is -2.42. The molecule has 2 aromatic heterocycles. The number of halogens is 1. The summed E-state index contributed by atoms with van der Waals surface area (Å²) in [4.78, 5) is 17.1. The third-order valence-electron chi connectivity index (χ3n) is 4.12. The minimum atomic E-state index is -0.161. The summed E-state index contributed by atoms with van der Waals surface area (Å²) in [5, 5.41) is 14.7. The van der Waals surface area contributed by atoms with Crippen molar-refractivity contribution in [3.8, 4) is 0 Å². The molecule has 2 unspecified atom stereocenters. The molecule has 1 saturated carbocycles. The maximum Gasteiger partial charge on any atom is 0.244 e. The molecular weight excluding hydrogens is 322 g/mol. The molecule has 22 heavy (non-hydrogen) atoms. The maximum atomic E-state index is 12.1. The van der Waals surface area contributed by atoms with Gasteiger partial charge in [0.15, 0.2) is 10.1 Å². The second kappa shape index (κ2) is 6.81. The van der Waals surface area contributed by atoms with Crippen molar-refractivity contribution < 1.29 is 9.90 Å². The van der Waals surface area contributed by atoms with Crippen molar-refractivity contribution in [1.82, 2.24) is 14.7 Å². The predicted molar refractivity (Wildman–Crippen MR) is 88.1 cm³/mol. The number of carbonyl (C=O) groups is 1. The molecule has 2 atom stereocenters. The average Bonchev–Trinajstić information content (AvgIpc) is 3.06. The summed E-state index contributed by atoms with van der Waals surface area (Å²) in [5.74, 6) is -0.000156. The van der Waals surface area contributed by atoms with Crippen LogP contribution in [0.25, 0.3) is 11.0 Å². The Kier molecular flexibility index (Phi) is 4.81. The van der Waals surface area contributed by atoms with E-state index in [1.807, 2.05) is 16.0 Å². The Hall–Kier alpha value is -1.37. The van der Waals surface area contributed by atoms with Crippen molar-refractivity contribution in [3.63, 3.8) is 0 Å². The van der Waals surface area contributed by atoms with E-state index >= 15 is 0 Å². The second-order valence-electron chi connectivity index (χ2n) is 5.52. The van der Waals surface area contributed by atoms with Crippen LogP contribution in [0.5, 0.6) is 0 Å². The highest BCUT2D eigenvalue weighted by atomic mass is 35.5. The fourth-order valence-electron chi connectivity index (χ4n) is 2.93. The molecule has 0 spiro atoms. The van der Waals surface area contributed by atoms with Crippen LogP contribution in [0.15, 0.2) is 17.7 Å². The third kappa shape index (κ3) is 3.19. The van der Waals surface area contributed by atoms with Gasteiger partial charge in [-0.2, -0.15) is 0 Å². The van der Waals surface area contributed by atoms with Gasteiger partial charge < -0.3 is 10.4 Å². The SMILES string of the molecule is O=C(/C=C/c1c(Cl)nc2sccn12)NC1CCCCC1CO. The first-order valence-corrected chi connectivity index (χ1v) is 8.65. The van der Waals surface area contributed by atoms with E-state index in [0.29, 0.717) is 10.8 Å². The molecule has 1 amide bonds. The Morgan fingerprint density at radius 1 is 1.55 bits per heavy atom. The van der Waals surface area contributed by atoms with E-state index in [1.54, 1.807) is 6.08 Å². The van der Waals surface area contributed by atoms with Crippen molar-refractivity contribution in [2.24, 2.45) is 5.92 Å². The largest absolute Gasteiger partial charge is 0.396 e. The lowest BCUT2D eigenvalue weighted by Gasteiger charge is -2.30. The van der Waals surface area contributed by atoms with Gasteiger partial charge in [0.1, 0.15) is 0 Å². The zero-order valence-electron chi connectivity index (χ0n) is 12.0. The first-order chi connectivity index (χ1) is 10.7. The molecule has 2 aromatic rings. The smallest absolute Gasteiger partial charge is 0.244 e. The molecule has 2 heterocycles. The molecule has 2 N–H and O–H groups in total. The monoisotopic (exact) mass is 339 g/mol. The Morgan fingerprint density at radius 3 is 3.18 bits per heavy atom. The summed E-state index contributed by atoms with van der Waals surface area (Å²) in [6, 6.07) is 0.0537. The van der Waals surface area contributed by atoms with Gasteiger partial charge in [0.25, 0.3) is 0 Å². The van der Waals surface area contributed by atoms with Crippen LogP contribution < -0.4 is 5.32 Å². The Labute approximate surface area is 137 Å². The summed E-state index contributed by atoms with van der Waals surface area (Å²) >= 11 is 7.58. The van der Waals surface area contributed by atoms with Gasteiger partial charge >= 0.3 is 0 Å². The second-order valence-corrected chi connectivity index (χ2v) is 6.75. The van der Waals surface area contributed by atoms with Gasteiger partial charge in [0.05, 0.1) is 5.69 Å². The molecule has 0 bridgehead atoms. The van der Waals surface area contributed by atoms with Crippen LogP contribution in [-0.4, -0.2) is 33.0 Å². The average molecular weight is 340 g/mol. The summed E-state index contributed by atoms with van der Waals surface area (Å²) in [5.41, 5.74) is 0.704. The molecular formula is C15H18ClN3O2S. The van der Waals surface area contributed by atoms with Crippen LogP contribution in [-0.2, 0) is 4.79 Å². The normalized spacial score (nSPS) is 22.5. The van der Waals surface area contributed by atoms with Gasteiger partial charge in [0, 0.05) is 36.2 Å². The number of aromatic nitrogens is 2. The van der Waals surface area contributed by atoms with Gasteiger partial charge in [-0.3, -0.25) is 9.20 Å². The van der Waals surface area contributed by atoms with E-state index < -0.39 is 0 Å². The standard InChI is InChI=1S/C15H18ClN3O2S/c16-14-12(19-7-8-22-15(19)18-14)5-6-13(21)17-11-4-2-1-3-10(11)9-20/h5-8,10-11,20H,1-4,9H2,(H,17,21)/b6-5+. The number of nitrogens with zero attached hydrogens (tertiary/aromatic N) is 2. The summed E-state index contributed by atoms with van der Waals surface area (Å²) in [7, 11) is 0. The fourth-order valence-corrected chi connectivity index (χ4v) is 3.93. The van der Waals surface area contributed by atoms with Crippen molar-refractivity contribution in [1.29, 1.82) is 0 Å². The van der Waals surface area contributed by atoms with E-state index in [-0.39, 0.29) is 24.5 Å². The maximum absolute atomic E-state index is 12.1. The van der Waals surface area contributed by atoms with Crippen LogP contribution in [0, 0.1) is 5.92 Å². The van der Waals surface area contributed by atoms with E-state index in [0.717, 1.165) is 30.6 Å². The summed E-state index contributed by atoms with van der Waals surface area (Å²) in [6.45, 7) is 0.124. The predicted octanol–water partition coefficient (Wildman–Crippen LogP) is 2.73. The van der Waals surface area contributed by atoms with Crippen LogP contribution in [0.1, 0.15) is 31.4 Å². The number of fused-ring (bicyclic) bond motifs is 1. The highest BCUT2D eigenvalue weighted by molar-refractivity contribution is 7.15. The molecule has 5 nitrogen and oxygen atoms in total. The van der Waals surface area contributed by atoms with Crippen LogP contribution in [0.2, 0.25) is 5.15 Å². The number of amides is 1.